The molecule has 0 fully saturated rings. The summed E-state index contributed by atoms with van der Waals surface area (Å²) in [6.45, 7) is 1.96. The summed E-state index contributed by atoms with van der Waals surface area (Å²) in [5, 5.41) is 8.04. The number of halogens is 1. The Morgan fingerprint density at radius 2 is 2.50 bits per heavy atom. The molecule has 0 aromatic carbocycles. The lowest BCUT2D eigenvalue weighted by molar-refractivity contribution is 1.00. The van der Waals surface area contributed by atoms with Gasteiger partial charge in [-0.2, -0.15) is 5.26 Å². The maximum Gasteiger partial charge on any atom is 0.101 e. The van der Waals surface area contributed by atoms with Crippen LogP contribution < -0.4 is 0 Å². The van der Waals surface area contributed by atoms with Crippen molar-refractivity contribution >= 4 is 15.9 Å². The Balaban J connectivity index is 3.04. The second-order valence-electron chi connectivity index (χ2n) is 1.00. The van der Waals surface area contributed by atoms with Gasteiger partial charge in [0.05, 0.1) is 6.07 Å². The zero-order valence-corrected chi connectivity index (χ0v) is 5.20. The van der Waals surface area contributed by atoms with Crippen molar-refractivity contribution in [3.63, 3.8) is 0 Å². The summed E-state index contributed by atoms with van der Waals surface area (Å²) in [6, 6.07) is 2.03. The fourth-order valence-corrected chi connectivity index (χ4v) is 0.0913. The minimum absolute atomic E-state index is 0.0532. The predicted molar refractivity (Wildman–Crippen MR) is 28.6 cm³/mol. The van der Waals surface area contributed by atoms with Gasteiger partial charge in [0.15, 0.2) is 0 Å². The van der Waals surface area contributed by atoms with E-state index in [9.17, 15) is 0 Å². The molecule has 2 heteroatoms. The van der Waals surface area contributed by atoms with Crippen LogP contribution in [0.3, 0.4) is 0 Å². The van der Waals surface area contributed by atoms with Crippen molar-refractivity contribution < 1.29 is 0 Å². The van der Waals surface area contributed by atoms with Gasteiger partial charge in [0.2, 0.25) is 0 Å². The summed E-state index contributed by atoms with van der Waals surface area (Å²) in [5.41, 5.74) is 0. The molecule has 0 N–H and O–H groups in total. The summed E-state index contributed by atoms with van der Waals surface area (Å²) in [4.78, 5) is 0.0532. The maximum absolute atomic E-state index is 8.04. The molecule has 34 valence electrons. The molecule has 0 aromatic heterocycles. The fourth-order valence-electron chi connectivity index (χ4n) is 0.0913. The molecule has 0 spiro atoms. The van der Waals surface area contributed by atoms with Crippen LogP contribution in [0.2, 0.25) is 0 Å². The molecule has 0 rings (SSSR count). The standard InChI is InChI=1S/C4H6BrN/c1-2-4(5)3-6/h4H,2H2,1H3. The van der Waals surface area contributed by atoms with Gasteiger partial charge >= 0.3 is 0 Å². The monoisotopic (exact) mass is 147 g/mol. The van der Waals surface area contributed by atoms with Crippen LogP contribution in [0.25, 0.3) is 0 Å². The molecule has 0 aliphatic heterocycles. The molecule has 1 atom stereocenters. The Bertz CT molecular complexity index is 64.4. The topological polar surface area (TPSA) is 23.8 Å². The summed E-state index contributed by atoms with van der Waals surface area (Å²) >= 11 is 3.11. The molecule has 0 bridgehead atoms. The SMILES string of the molecule is CCC(Br)C#N. The number of rotatable bonds is 1. The van der Waals surface area contributed by atoms with E-state index in [2.05, 4.69) is 15.9 Å². The van der Waals surface area contributed by atoms with E-state index in [4.69, 9.17) is 5.26 Å². The van der Waals surface area contributed by atoms with Gasteiger partial charge in [0.25, 0.3) is 0 Å². The van der Waals surface area contributed by atoms with E-state index in [0.717, 1.165) is 6.42 Å². The van der Waals surface area contributed by atoms with Crippen LogP contribution in [0.15, 0.2) is 0 Å². The van der Waals surface area contributed by atoms with Crippen LogP contribution in [-0.4, -0.2) is 4.83 Å². The molecule has 0 heterocycles. The molecular weight excluding hydrogens is 142 g/mol. The zero-order chi connectivity index (χ0) is 4.99. The van der Waals surface area contributed by atoms with Crippen LogP contribution in [0.5, 0.6) is 0 Å². The lowest BCUT2D eigenvalue weighted by Gasteiger charge is -1.84. The zero-order valence-electron chi connectivity index (χ0n) is 3.61. The van der Waals surface area contributed by atoms with Gasteiger partial charge in [-0.15, -0.1) is 0 Å². The third-order valence-electron chi connectivity index (χ3n) is 0.499. The van der Waals surface area contributed by atoms with Crippen molar-refractivity contribution in [3.05, 3.63) is 0 Å². The normalized spacial score (nSPS) is 12.8. The van der Waals surface area contributed by atoms with Gasteiger partial charge in [0.1, 0.15) is 4.83 Å². The van der Waals surface area contributed by atoms with Crippen LogP contribution in [0.1, 0.15) is 13.3 Å². The highest BCUT2D eigenvalue weighted by Gasteiger charge is 1.91. The number of nitrogens with zero attached hydrogens (tertiary/aromatic N) is 1. The van der Waals surface area contributed by atoms with E-state index >= 15 is 0 Å². The number of hydrogen-bond acceptors (Lipinski definition) is 1. The molecule has 0 amide bonds. The van der Waals surface area contributed by atoms with E-state index in [1.54, 1.807) is 0 Å². The van der Waals surface area contributed by atoms with Gasteiger partial charge in [-0.3, -0.25) is 0 Å². The maximum atomic E-state index is 8.04. The minimum atomic E-state index is 0.0532. The predicted octanol–water partition coefficient (Wildman–Crippen LogP) is 1.68. The van der Waals surface area contributed by atoms with Crippen LogP contribution >= 0.6 is 15.9 Å². The quantitative estimate of drug-likeness (QED) is 0.519. The smallest absolute Gasteiger partial charge is 0.101 e. The van der Waals surface area contributed by atoms with E-state index in [1.807, 2.05) is 13.0 Å². The van der Waals surface area contributed by atoms with Gasteiger partial charge < -0.3 is 0 Å². The largest absolute Gasteiger partial charge is 0.197 e. The first-order chi connectivity index (χ1) is 2.81. The van der Waals surface area contributed by atoms with Crippen LogP contribution in [0, 0.1) is 11.3 Å². The first kappa shape index (κ1) is 5.97. The molecule has 1 nitrogen and oxygen atoms in total. The highest BCUT2D eigenvalue weighted by Crippen LogP contribution is 1.99. The summed E-state index contributed by atoms with van der Waals surface area (Å²) in [7, 11) is 0. The number of hydrogen-bond donors (Lipinski definition) is 0. The second kappa shape index (κ2) is 3.17. The van der Waals surface area contributed by atoms with Crippen molar-refractivity contribution in [3.8, 4) is 6.07 Å². The molecule has 0 radical (unpaired) electrons. The van der Waals surface area contributed by atoms with Crippen LogP contribution in [0.4, 0.5) is 0 Å². The highest BCUT2D eigenvalue weighted by molar-refractivity contribution is 9.09. The molecule has 0 saturated carbocycles. The van der Waals surface area contributed by atoms with Crippen molar-refractivity contribution in [1.29, 1.82) is 5.26 Å². The Morgan fingerprint density at radius 1 is 2.00 bits per heavy atom. The van der Waals surface area contributed by atoms with E-state index < -0.39 is 0 Å². The second-order valence-corrected chi connectivity index (χ2v) is 2.11. The fraction of sp³-hybridized carbons (Fsp3) is 0.750. The van der Waals surface area contributed by atoms with Crippen molar-refractivity contribution in [2.45, 2.75) is 18.2 Å². The third kappa shape index (κ3) is 2.22. The van der Waals surface area contributed by atoms with Crippen LogP contribution in [-0.2, 0) is 0 Å². The summed E-state index contributed by atoms with van der Waals surface area (Å²) in [5.74, 6) is 0. The Hall–Kier alpha value is -0.0300. The van der Waals surface area contributed by atoms with E-state index in [1.165, 1.54) is 0 Å². The molecule has 0 aliphatic rings. The van der Waals surface area contributed by atoms with Crippen molar-refractivity contribution in [2.24, 2.45) is 0 Å². The molecule has 1 unspecified atom stereocenters. The average molecular weight is 148 g/mol. The molecule has 0 saturated heterocycles. The summed E-state index contributed by atoms with van der Waals surface area (Å²) in [6.07, 6.45) is 0.885. The lowest BCUT2D eigenvalue weighted by atomic mass is 10.4. The minimum Gasteiger partial charge on any atom is -0.197 e. The molecule has 6 heavy (non-hydrogen) atoms. The number of alkyl halides is 1. The van der Waals surface area contributed by atoms with Gasteiger partial charge in [0, 0.05) is 0 Å². The lowest BCUT2D eigenvalue weighted by Crippen LogP contribution is -1.85. The van der Waals surface area contributed by atoms with Gasteiger partial charge in [-0.25, -0.2) is 0 Å². The molecule has 0 aromatic rings. The Labute approximate surface area is 46.1 Å². The van der Waals surface area contributed by atoms with E-state index in [-0.39, 0.29) is 4.83 Å². The van der Waals surface area contributed by atoms with E-state index in [0.29, 0.717) is 0 Å². The van der Waals surface area contributed by atoms with Gasteiger partial charge in [-0.05, 0) is 6.42 Å². The average Bonchev–Trinajstić information content (AvgIpc) is 1.65. The molecular formula is C4H6BrN. The van der Waals surface area contributed by atoms with Gasteiger partial charge in [-0.1, -0.05) is 22.9 Å². The Morgan fingerprint density at radius 3 is 2.50 bits per heavy atom. The molecule has 0 aliphatic carbocycles. The summed E-state index contributed by atoms with van der Waals surface area (Å²) < 4.78 is 0. The third-order valence-corrected chi connectivity index (χ3v) is 1.35. The van der Waals surface area contributed by atoms with Crippen molar-refractivity contribution in [2.75, 3.05) is 0 Å². The first-order valence-corrected chi connectivity index (χ1v) is 2.76. The van der Waals surface area contributed by atoms with Crippen molar-refractivity contribution in [1.82, 2.24) is 0 Å². The highest BCUT2D eigenvalue weighted by atomic mass is 79.9. The first-order valence-electron chi connectivity index (χ1n) is 1.85. The number of nitriles is 1. The Kier molecular flexibility index (Phi) is 3.16.